The van der Waals surface area contributed by atoms with Crippen LogP contribution in [0.4, 0.5) is 5.82 Å². The van der Waals surface area contributed by atoms with E-state index in [2.05, 4.69) is 15.4 Å². The molecule has 0 spiro atoms. The number of nitrogens with one attached hydrogen (secondary N) is 1. The van der Waals surface area contributed by atoms with E-state index in [9.17, 15) is 0 Å². The molecule has 0 saturated carbocycles. The summed E-state index contributed by atoms with van der Waals surface area (Å²) in [5, 5.41) is 0. The number of benzene rings is 1. The van der Waals surface area contributed by atoms with Crippen molar-refractivity contribution < 1.29 is 9.47 Å². The summed E-state index contributed by atoms with van der Waals surface area (Å²) in [6, 6.07) is 7.74. The molecular weight excluding hydrogens is 268 g/mol. The van der Waals surface area contributed by atoms with Crippen LogP contribution in [-0.4, -0.2) is 23.2 Å². The number of nitrogen functional groups attached to an aromatic ring is 1. The first-order valence-corrected chi connectivity index (χ1v) is 6.99. The number of hydrogen-bond acceptors (Lipinski definition) is 6. The number of fused-ring (bicyclic) bond motifs is 1. The molecule has 2 heterocycles. The summed E-state index contributed by atoms with van der Waals surface area (Å²) in [6.45, 7) is 3.70. The Hall–Kier alpha value is -2.18. The van der Waals surface area contributed by atoms with Gasteiger partial charge in [-0.05, 0) is 19.1 Å². The Labute approximate surface area is 123 Å². The summed E-state index contributed by atoms with van der Waals surface area (Å²) < 4.78 is 11.1. The number of para-hydroxylation sites is 1. The van der Waals surface area contributed by atoms with E-state index in [0.29, 0.717) is 31.5 Å². The van der Waals surface area contributed by atoms with Crippen LogP contribution in [0.3, 0.4) is 0 Å². The van der Waals surface area contributed by atoms with Crippen molar-refractivity contribution in [2.45, 2.75) is 20.0 Å². The number of nitrogens with two attached hydrogens (primary N) is 1. The van der Waals surface area contributed by atoms with Crippen LogP contribution in [-0.2, 0) is 17.8 Å². The summed E-state index contributed by atoms with van der Waals surface area (Å²) in [7, 11) is 0. The zero-order valence-corrected chi connectivity index (χ0v) is 11.9. The van der Waals surface area contributed by atoms with E-state index in [4.69, 9.17) is 15.3 Å². The lowest BCUT2D eigenvalue weighted by molar-refractivity contribution is 0.109. The van der Waals surface area contributed by atoms with Crippen molar-refractivity contribution in [1.29, 1.82) is 0 Å². The maximum atomic E-state index is 5.65. The fourth-order valence-electron chi connectivity index (χ4n) is 2.40. The predicted octanol–water partition coefficient (Wildman–Crippen LogP) is 1.90. The summed E-state index contributed by atoms with van der Waals surface area (Å²) in [4.78, 5) is 9.18. The number of aromatic nitrogens is 2. The van der Waals surface area contributed by atoms with E-state index in [1.54, 1.807) is 0 Å². The summed E-state index contributed by atoms with van der Waals surface area (Å²) in [5.74, 6) is 7.59. The Morgan fingerprint density at radius 2 is 2.19 bits per heavy atom. The van der Waals surface area contributed by atoms with Gasteiger partial charge in [-0.3, -0.25) is 0 Å². The van der Waals surface area contributed by atoms with Crippen molar-refractivity contribution in [2.24, 2.45) is 5.84 Å². The molecule has 0 atom stereocenters. The molecular formula is C15H18N4O2. The van der Waals surface area contributed by atoms with E-state index in [-0.39, 0.29) is 0 Å². The Morgan fingerprint density at radius 3 is 3.00 bits per heavy atom. The Morgan fingerprint density at radius 1 is 1.33 bits per heavy atom. The number of rotatable bonds is 4. The average molecular weight is 286 g/mol. The van der Waals surface area contributed by atoms with Crippen LogP contribution in [0.15, 0.2) is 24.3 Å². The lowest BCUT2D eigenvalue weighted by Crippen LogP contribution is -2.19. The van der Waals surface area contributed by atoms with Gasteiger partial charge in [0.1, 0.15) is 11.6 Å². The fraction of sp³-hybridized carbons (Fsp3) is 0.333. The largest absolute Gasteiger partial charge is 0.493 e. The van der Waals surface area contributed by atoms with E-state index in [0.717, 1.165) is 29.0 Å². The first-order chi connectivity index (χ1) is 10.3. The first kappa shape index (κ1) is 13.8. The monoisotopic (exact) mass is 286 g/mol. The number of ether oxygens (including phenoxy) is 2. The van der Waals surface area contributed by atoms with Crippen molar-refractivity contribution in [3.8, 4) is 17.1 Å². The van der Waals surface area contributed by atoms with Gasteiger partial charge < -0.3 is 14.9 Å². The maximum Gasteiger partial charge on any atom is 0.165 e. The highest BCUT2D eigenvalue weighted by Gasteiger charge is 2.19. The SMILES string of the molecule is CCOc1ccccc1-c1nc2c(c(NN)n1)COCC2. The molecule has 0 saturated heterocycles. The van der Waals surface area contributed by atoms with Gasteiger partial charge in [-0.15, -0.1) is 0 Å². The first-order valence-electron chi connectivity index (χ1n) is 6.99. The van der Waals surface area contributed by atoms with Crippen molar-refractivity contribution in [1.82, 2.24) is 9.97 Å². The molecule has 3 rings (SSSR count). The highest BCUT2D eigenvalue weighted by atomic mass is 16.5. The Bertz CT molecular complexity index is 628. The van der Waals surface area contributed by atoms with Gasteiger partial charge in [-0.2, -0.15) is 0 Å². The molecule has 0 radical (unpaired) electrons. The van der Waals surface area contributed by atoms with Gasteiger partial charge in [0, 0.05) is 12.0 Å². The van der Waals surface area contributed by atoms with Crippen LogP contribution in [0, 0.1) is 0 Å². The molecule has 0 unspecified atom stereocenters. The second-order valence-corrected chi connectivity index (χ2v) is 4.70. The highest BCUT2D eigenvalue weighted by molar-refractivity contribution is 5.66. The summed E-state index contributed by atoms with van der Waals surface area (Å²) >= 11 is 0. The third kappa shape index (κ3) is 2.68. The van der Waals surface area contributed by atoms with Crippen LogP contribution in [0.25, 0.3) is 11.4 Å². The zero-order valence-electron chi connectivity index (χ0n) is 11.9. The minimum Gasteiger partial charge on any atom is -0.493 e. The number of nitrogens with zero attached hydrogens (tertiary/aromatic N) is 2. The van der Waals surface area contributed by atoms with E-state index in [1.165, 1.54) is 0 Å². The standard InChI is InChI=1S/C15H18N4O2/c1-2-21-13-6-4-3-5-10(13)14-17-12-7-8-20-9-11(12)15(18-14)19-16/h3-6H,2,7-9,16H2,1H3,(H,17,18,19). The number of hydrogen-bond donors (Lipinski definition) is 2. The lowest BCUT2D eigenvalue weighted by atomic mass is 10.1. The van der Waals surface area contributed by atoms with Crippen molar-refractivity contribution in [3.63, 3.8) is 0 Å². The van der Waals surface area contributed by atoms with Gasteiger partial charge in [0.05, 0.1) is 31.1 Å². The van der Waals surface area contributed by atoms with Crippen molar-refractivity contribution in [3.05, 3.63) is 35.5 Å². The fourth-order valence-corrected chi connectivity index (χ4v) is 2.40. The minimum absolute atomic E-state index is 0.488. The molecule has 2 aromatic rings. The van der Waals surface area contributed by atoms with Gasteiger partial charge in [0.25, 0.3) is 0 Å². The molecule has 3 N–H and O–H groups in total. The third-order valence-electron chi connectivity index (χ3n) is 3.39. The molecule has 1 aromatic carbocycles. The van der Waals surface area contributed by atoms with Gasteiger partial charge >= 0.3 is 0 Å². The summed E-state index contributed by atoms with van der Waals surface area (Å²) in [5.41, 5.74) is 5.42. The summed E-state index contributed by atoms with van der Waals surface area (Å²) in [6.07, 6.45) is 0.760. The van der Waals surface area contributed by atoms with Gasteiger partial charge in [-0.1, -0.05) is 12.1 Å². The van der Waals surface area contributed by atoms with Crippen LogP contribution >= 0.6 is 0 Å². The van der Waals surface area contributed by atoms with Crippen molar-refractivity contribution >= 4 is 5.82 Å². The molecule has 6 nitrogen and oxygen atoms in total. The van der Waals surface area contributed by atoms with Crippen LogP contribution in [0.1, 0.15) is 18.2 Å². The maximum absolute atomic E-state index is 5.65. The second-order valence-electron chi connectivity index (χ2n) is 4.70. The lowest BCUT2D eigenvalue weighted by Gasteiger charge is -2.19. The molecule has 1 aliphatic rings. The topological polar surface area (TPSA) is 82.3 Å². The van der Waals surface area contributed by atoms with E-state index < -0.39 is 0 Å². The molecule has 1 aromatic heterocycles. The zero-order chi connectivity index (χ0) is 14.7. The van der Waals surface area contributed by atoms with E-state index in [1.807, 2.05) is 31.2 Å². The molecule has 110 valence electrons. The Balaban J connectivity index is 2.10. The molecule has 0 aliphatic carbocycles. The van der Waals surface area contributed by atoms with Crippen molar-refractivity contribution in [2.75, 3.05) is 18.6 Å². The van der Waals surface area contributed by atoms with Gasteiger partial charge in [0.15, 0.2) is 5.82 Å². The number of hydrazine groups is 1. The number of anilines is 1. The Kier molecular flexibility index (Phi) is 3.98. The molecule has 0 bridgehead atoms. The smallest absolute Gasteiger partial charge is 0.165 e. The van der Waals surface area contributed by atoms with Crippen LogP contribution in [0.5, 0.6) is 5.75 Å². The van der Waals surface area contributed by atoms with Gasteiger partial charge in [-0.25, -0.2) is 15.8 Å². The second kappa shape index (κ2) is 6.07. The molecule has 1 aliphatic heterocycles. The molecule has 0 amide bonds. The molecule has 21 heavy (non-hydrogen) atoms. The van der Waals surface area contributed by atoms with Crippen LogP contribution < -0.4 is 16.0 Å². The van der Waals surface area contributed by atoms with Gasteiger partial charge in [0.2, 0.25) is 0 Å². The molecule has 6 heteroatoms. The predicted molar refractivity (Wildman–Crippen MR) is 79.8 cm³/mol. The quantitative estimate of drug-likeness (QED) is 0.660. The minimum atomic E-state index is 0.488. The molecule has 0 fully saturated rings. The normalized spacial score (nSPS) is 13.6. The highest BCUT2D eigenvalue weighted by Crippen LogP contribution is 2.31. The third-order valence-corrected chi connectivity index (χ3v) is 3.39. The van der Waals surface area contributed by atoms with E-state index >= 15 is 0 Å². The average Bonchev–Trinajstić information content (AvgIpc) is 2.54. The van der Waals surface area contributed by atoms with Crippen LogP contribution in [0.2, 0.25) is 0 Å².